The zero-order valence-corrected chi connectivity index (χ0v) is 17.2. The van der Waals surface area contributed by atoms with Crippen LogP contribution in [-0.4, -0.2) is 48.5 Å². The molecule has 1 atom stereocenters. The van der Waals surface area contributed by atoms with Gasteiger partial charge in [0.1, 0.15) is 5.76 Å². The average Bonchev–Trinajstić information content (AvgIpc) is 3.29. The number of ether oxygens (including phenoxy) is 2. The first-order valence-electron chi connectivity index (χ1n) is 9.95. The van der Waals surface area contributed by atoms with Gasteiger partial charge in [-0.15, -0.1) is 0 Å². The smallest absolute Gasteiger partial charge is 0.161 e. The van der Waals surface area contributed by atoms with E-state index in [9.17, 15) is 0 Å². The van der Waals surface area contributed by atoms with Crippen LogP contribution in [-0.2, 0) is 13.6 Å². The van der Waals surface area contributed by atoms with Gasteiger partial charge in [0.05, 0.1) is 31.2 Å². The van der Waals surface area contributed by atoms with Gasteiger partial charge in [0, 0.05) is 43.9 Å². The minimum Gasteiger partial charge on any atom is -0.490 e. The van der Waals surface area contributed by atoms with Crippen LogP contribution in [0.2, 0.25) is 0 Å². The lowest BCUT2D eigenvalue weighted by Gasteiger charge is -2.22. The zero-order chi connectivity index (χ0) is 20.2. The number of rotatable bonds is 7. The highest BCUT2D eigenvalue weighted by Crippen LogP contribution is 2.34. The van der Waals surface area contributed by atoms with E-state index in [-0.39, 0.29) is 6.04 Å². The molecule has 3 heterocycles. The molecule has 4 rings (SSSR count). The van der Waals surface area contributed by atoms with Crippen molar-refractivity contribution in [2.45, 2.75) is 19.0 Å². The first-order chi connectivity index (χ1) is 14.1. The third-order valence-corrected chi connectivity index (χ3v) is 5.07. The molecule has 7 nitrogen and oxygen atoms in total. The van der Waals surface area contributed by atoms with Gasteiger partial charge >= 0.3 is 0 Å². The minimum atomic E-state index is 0.170. The Hall–Kier alpha value is -2.77. The van der Waals surface area contributed by atoms with Crippen LogP contribution >= 0.6 is 0 Å². The first kappa shape index (κ1) is 19.5. The number of nitrogens with zero attached hydrogens (tertiary/aromatic N) is 3. The second-order valence-electron chi connectivity index (χ2n) is 7.51. The van der Waals surface area contributed by atoms with Crippen LogP contribution in [0.1, 0.15) is 23.8 Å². The highest BCUT2D eigenvalue weighted by molar-refractivity contribution is 5.66. The van der Waals surface area contributed by atoms with Gasteiger partial charge in [-0.25, -0.2) is 0 Å². The molecule has 1 aromatic carbocycles. The number of nitrogens with one attached hydrogen (secondary N) is 1. The summed E-state index contributed by atoms with van der Waals surface area (Å²) in [5, 5.41) is 8.24. The Bertz CT molecular complexity index is 934. The Kier molecular flexibility index (Phi) is 5.87. The second-order valence-corrected chi connectivity index (χ2v) is 7.51. The maximum Gasteiger partial charge on any atom is 0.161 e. The topological polar surface area (TPSA) is 64.7 Å². The summed E-state index contributed by atoms with van der Waals surface area (Å²) in [4.78, 5) is 2.15. The quantitative estimate of drug-likeness (QED) is 0.662. The molecule has 1 aliphatic heterocycles. The summed E-state index contributed by atoms with van der Waals surface area (Å²) >= 11 is 0. The van der Waals surface area contributed by atoms with E-state index in [2.05, 4.69) is 35.6 Å². The molecular weight excluding hydrogens is 368 g/mol. The number of likely N-dealkylation sites (N-methyl/N-ethyl adjacent to an activating group) is 1. The maximum atomic E-state index is 5.85. The van der Waals surface area contributed by atoms with E-state index in [1.165, 1.54) is 0 Å². The molecule has 1 N–H and O–H groups in total. The lowest BCUT2D eigenvalue weighted by Crippen LogP contribution is -2.30. The highest BCUT2D eigenvalue weighted by atomic mass is 16.5. The normalized spacial score (nSPS) is 14.8. The van der Waals surface area contributed by atoms with E-state index < -0.39 is 0 Å². The molecule has 154 valence electrons. The molecule has 1 aliphatic rings. The zero-order valence-electron chi connectivity index (χ0n) is 17.2. The number of hydrogen-bond acceptors (Lipinski definition) is 6. The lowest BCUT2D eigenvalue weighted by molar-refractivity contribution is 0.250. The van der Waals surface area contributed by atoms with Crippen LogP contribution in [0.5, 0.6) is 11.5 Å². The molecule has 0 bridgehead atoms. The van der Waals surface area contributed by atoms with Crippen LogP contribution in [0.25, 0.3) is 11.3 Å². The Balaban J connectivity index is 1.49. The van der Waals surface area contributed by atoms with Crippen molar-refractivity contribution in [3.8, 4) is 22.8 Å². The van der Waals surface area contributed by atoms with Gasteiger partial charge in [0.2, 0.25) is 0 Å². The van der Waals surface area contributed by atoms with E-state index in [1.54, 1.807) is 6.26 Å². The number of aryl methyl sites for hydroxylation is 1. The monoisotopic (exact) mass is 396 g/mol. The van der Waals surface area contributed by atoms with Crippen molar-refractivity contribution >= 4 is 0 Å². The molecule has 7 heteroatoms. The van der Waals surface area contributed by atoms with Crippen molar-refractivity contribution in [2.75, 3.05) is 33.9 Å². The molecule has 1 unspecified atom stereocenters. The van der Waals surface area contributed by atoms with Crippen LogP contribution in [0, 0.1) is 0 Å². The van der Waals surface area contributed by atoms with Gasteiger partial charge < -0.3 is 19.2 Å². The highest BCUT2D eigenvalue weighted by Gasteiger charge is 2.18. The summed E-state index contributed by atoms with van der Waals surface area (Å²) in [5.41, 5.74) is 3.12. The van der Waals surface area contributed by atoms with Crippen LogP contribution in [0.4, 0.5) is 0 Å². The Morgan fingerprint density at radius 3 is 2.76 bits per heavy atom. The molecule has 0 fully saturated rings. The van der Waals surface area contributed by atoms with E-state index in [1.807, 2.05) is 42.1 Å². The lowest BCUT2D eigenvalue weighted by atomic mass is 10.1. The first-order valence-corrected chi connectivity index (χ1v) is 9.95. The number of hydrogen-bond donors (Lipinski definition) is 1. The predicted octanol–water partition coefficient (Wildman–Crippen LogP) is 3.23. The largest absolute Gasteiger partial charge is 0.490 e. The minimum absolute atomic E-state index is 0.170. The predicted molar refractivity (Wildman–Crippen MR) is 111 cm³/mol. The fraction of sp³-hybridized carbons (Fsp3) is 0.409. The Morgan fingerprint density at radius 2 is 2.00 bits per heavy atom. The van der Waals surface area contributed by atoms with Gasteiger partial charge in [-0.3, -0.25) is 9.58 Å². The third-order valence-electron chi connectivity index (χ3n) is 5.07. The molecule has 29 heavy (non-hydrogen) atoms. The molecule has 2 aromatic heterocycles. The van der Waals surface area contributed by atoms with Gasteiger partial charge in [0.25, 0.3) is 0 Å². The molecule has 0 radical (unpaired) electrons. The van der Waals surface area contributed by atoms with E-state index in [0.717, 1.165) is 47.0 Å². The summed E-state index contributed by atoms with van der Waals surface area (Å²) in [5.74, 6) is 2.54. The van der Waals surface area contributed by atoms with Crippen molar-refractivity contribution in [1.82, 2.24) is 20.0 Å². The molecule has 0 spiro atoms. The maximum absolute atomic E-state index is 5.85. The fourth-order valence-corrected chi connectivity index (χ4v) is 3.58. The van der Waals surface area contributed by atoms with Gasteiger partial charge in [-0.2, -0.15) is 5.10 Å². The molecule has 0 aliphatic carbocycles. The van der Waals surface area contributed by atoms with Crippen molar-refractivity contribution < 1.29 is 13.9 Å². The fourth-order valence-electron chi connectivity index (χ4n) is 3.58. The number of aromatic nitrogens is 2. The number of furan rings is 1. The summed E-state index contributed by atoms with van der Waals surface area (Å²) in [6.45, 7) is 2.85. The van der Waals surface area contributed by atoms with E-state index >= 15 is 0 Å². The van der Waals surface area contributed by atoms with Crippen molar-refractivity contribution in [3.63, 3.8) is 0 Å². The molecule has 3 aromatic rings. The van der Waals surface area contributed by atoms with Crippen molar-refractivity contribution in [2.24, 2.45) is 7.05 Å². The van der Waals surface area contributed by atoms with Gasteiger partial charge in [0.15, 0.2) is 11.5 Å². The van der Waals surface area contributed by atoms with Gasteiger partial charge in [-0.05, 0) is 44.4 Å². The van der Waals surface area contributed by atoms with Crippen molar-refractivity contribution in [1.29, 1.82) is 0 Å². The molecular formula is C22H28N4O3. The Labute approximate surface area is 171 Å². The Morgan fingerprint density at radius 1 is 1.17 bits per heavy atom. The summed E-state index contributed by atoms with van der Waals surface area (Å²) < 4.78 is 19.0. The SMILES string of the molecule is CN(C)C(CNCc1cn(C)nc1-c1ccc2c(c1)OCCCO2)c1ccco1. The molecule has 0 saturated heterocycles. The van der Waals surface area contributed by atoms with E-state index in [4.69, 9.17) is 13.9 Å². The van der Waals surface area contributed by atoms with Crippen molar-refractivity contribution in [3.05, 3.63) is 54.1 Å². The number of benzene rings is 1. The van der Waals surface area contributed by atoms with Gasteiger partial charge in [-0.1, -0.05) is 0 Å². The van der Waals surface area contributed by atoms with Crippen LogP contribution in [0.15, 0.2) is 47.2 Å². The molecule has 0 amide bonds. The second kappa shape index (κ2) is 8.71. The summed E-state index contributed by atoms with van der Waals surface area (Å²) in [7, 11) is 6.06. The standard InChI is InChI=1S/C22H28N4O3/c1-25(2)18(19-6-4-9-27-19)14-23-13-17-15-26(3)24-22(17)16-7-8-20-21(12-16)29-11-5-10-28-20/h4,6-9,12,15,18,23H,5,10-11,13-14H2,1-3H3. The summed E-state index contributed by atoms with van der Waals surface area (Å²) in [6.07, 6.45) is 4.67. The summed E-state index contributed by atoms with van der Waals surface area (Å²) in [6, 6.07) is 10.2. The number of fused-ring (bicyclic) bond motifs is 1. The average molecular weight is 396 g/mol. The van der Waals surface area contributed by atoms with Crippen LogP contribution < -0.4 is 14.8 Å². The van der Waals surface area contributed by atoms with E-state index in [0.29, 0.717) is 19.8 Å². The molecule has 0 saturated carbocycles. The van der Waals surface area contributed by atoms with Crippen LogP contribution in [0.3, 0.4) is 0 Å². The third kappa shape index (κ3) is 4.46.